The van der Waals surface area contributed by atoms with Crippen LogP contribution in [0.2, 0.25) is 0 Å². The fourth-order valence-electron chi connectivity index (χ4n) is 3.31. The van der Waals surface area contributed by atoms with Gasteiger partial charge in [-0.05, 0) is 43.0 Å². The van der Waals surface area contributed by atoms with Crippen molar-refractivity contribution in [1.29, 1.82) is 0 Å². The Morgan fingerprint density at radius 3 is 2.67 bits per heavy atom. The Kier molecular flexibility index (Phi) is 5.86. The van der Waals surface area contributed by atoms with Gasteiger partial charge in [0.2, 0.25) is 11.7 Å². The van der Waals surface area contributed by atoms with Gasteiger partial charge in [0.05, 0.1) is 12.6 Å². The molecule has 2 N–H and O–H groups in total. The molecule has 1 aliphatic carbocycles. The smallest absolute Gasteiger partial charge is 0.243 e. The first-order valence-electron chi connectivity index (χ1n) is 9.08. The van der Waals surface area contributed by atoms with Crippen LogP contribution in [0.5, 0.6) is 5.75 Å². The first-order valence-corrected chi connectivity index (χ1v) is 9.08. The van der Waals surface area contributed by atoms with Gasteiger partial charge in [0.15, 0.2) is 0 Å². The second-order valence-electron chi connectivity index (χ2n) is 6.68. The standard InChI is InChI=1S/C19H27N3O2/c1-2-12-23-16-10-8-15(9-11-16)18-21-19(24-22-18)17(20)13-14-6-4-3-5-7-14/h8-11,14,17H,2-7,12-13,20H2,1H3/t17-/m0/s1. The van der Waals surface area contributed by atoms with Crippen molar-refractivity contribution in [2.24, 2.45) is 11.7 Å². The summed E-state index contributed by atoms with van der Waals surface area (Å²) in [7, 11) is 0. The van der Waals surface area contributed by atoms with E-state index in [1.165, 1.54) is 32.1 Å². The molecule has 1 heterocycles. The molecule has 0 radical (unpaired) electrons. The average molecular weight is 329 g/mol. The molecule has 0 spiro atoms. The lowest BCUT2D eigenvalue weighted by molar-refractivity contribution is 0.284. The van der Waals surface area contributed by atoms with Crippen molar-refractivity contribution < 1.29 is 9.26 Å². The molecule has 3 rings (SSSR count). The highest BCUT2D eigenvalue weighted by molar-refractivity contribution is 5.55. The van der Waals surface area contributed by atoms with Crippen LogP contribution in [0, 0.1) is 5.92 Å². The molecular weight excluding hydrogens is 302 g/mol. The van der Waals surface area contributed by atoms with E-state index < -0.39 is 0 Å². The van der Waals surface area contributed by atoms with Crippen molar-refractivity contribution in [2.45, 2.75) is 57.9 Å². The molecule has 0 amide bonds. The summed E-state index contributed by atoms with van der Waals surface area (Å²) in [5.74, 6) is 2.69. The molecule has 1 saturated carbocycles. The largest absolute Gasteiger partial charge is 0.494 e. The van der Waals surface area contributed by atoms with E-state index in [9.17, 15) is 0 Å². The van der Waals surface area contributed by atoms with Crippen LogP contribution in [0.25, 0.3) is 11.4 Å². The predicted octanol–water partition coefficient (Wildman–Crippen LogP) is 4.50. The number of rotatable bonds is 7. The minimum absolute atomic E-state index is 0.165. The summed E-state index contributed by atoms with van der Waals surface area (Å²) in [4.78, 5) is 4.49. The summed E-state index contributed by atoms with van der Waals surface area (Å²) >= 11 is 0. The Morgan fingerprint density at radius 1 is 1.21 bits per heavy atom. The van der Waals surface area contributed by atoms with Crippen molar-refractivity contribution in [2.75, 3.05) is 6.61 Å². The lowest BCUT2D eigenvalue weighted by Crippen LogP contribution is -2.17. The van der Waals surface area contributed by atoms with Crippen LogP contribution in [0.1, 0.15) is 63.8 Å². The minimum Gasteiger partial charge on any atom is -0.494 e. The molecule has 5 nitrogen and oxygen atoms in total. The molecule has 1 aromatic carbocycles. The molecule has 0 aliphatic heterocycles. The molecule has 130 valence electrons. The number of hydrogen-bond donors (Lipinski definition) is 1. The van der Waals surface area contributed by atoms with Crippen LogP contribution in [-0.2, 0) is 0 Å². The lowest BCUT2D eigenvalue weighted by atomic mass is 9.85. The summed E-state index contributed by atoms with van der Waals surface area (Å²) in [6.07, 6.45) is 8.47. The molecule has 1 fully saturated rings. The SMILES string of the molecule is CCCOc1ccc(-c2noc([C@@H](N)CC3CCCCC3)n2)cc1. The highest BCUT2D eigenvalue weighted by atomic mass is 16.5. The van der Waals surface area contributed by atoms with Gasteiger partial charge in [-0.2, -0.15) is 4.98 Å². The Hall–Kier alpha value is -1.88. The van der Waals surface area contributed by atoms with Crippen molar-refractivity contribution in [3.05, 3.63) is 30.2 Å². The zero-order valence-electron chi connectivity index (χ0n) is 14.4. The lowest BCUT2D eigenvalue weighted by Gasteiger charge is -2.22. The van der Waals surface area contributed by atoms with Crippen molar-refractivity contribution in [1.82, 2.24) is 10.1 Å². The van der Waals surface area contributed by atoms with Gasteiger partial charge in [-0.25, -0.2) is 0 Å². The Labute approximate surface area is 143 Å². The maximum Gasteiger partial charge on any atom is 0.243 e. The monoisotopic (exact) mass is 329 g/mol. The van der Waals surface area contributed by atoms with Gasteiger partial charge < -0.3 is 15.0 Å². The predicted molar refractivity (Wildman–Crippen MR) is 93.6 cm³/mol. The summed E-state index contributed by atoms with van der Waals surface area (Å²) in [6, 6.07) is 7.60. The first kappa shape index (κ1) is 17.0. The molecule has 1 atom stereocenters. The molecule has 24 heavy (non-hydrogen) atoms. The number of ether oxygens (including phenoxy) is 1. The zero-order valence-corrected chi connectivity index (χ0v) is 14.4. The highest BCUT2D eigenvalue weighted by Crippen LogP contribution is 2.31. The molecule has 1 aliphatic rings. The zero-order chi connectivity index (χ0) is 16.8. The first-order chi connectivity index (χ1) is 11.8. The van der Waals surface area contributed by atoms with E-state index in [0.29, 0.717) is 17.6 Å². The maximum atomic E-state index is 6.28. The van der Waals surface area contributed by atoms with E-state index in [2.05, 4.69) is 17.1 Å². The van der Waals surface area contributed by atoms with Crippen molar-refractivity contribution in [3.8, 4) is 17.1 Å². The minimum atomic E-state index is -0.165. The van der Waals surface area contributed by atoms with E-state index in [1.807, 2.05) is 24.3 Å². The Balaban J connectivity index is 1.61. The fourth-order valence-corrected chi connectivity index (χ4v) is 3.31. The van der Waals surface area contributed by atoms with Crippen LogP contribution in [-0.4, -0.2) is 16.7 Å². The third-order valence-electron chi connectivity index (χ3n) is 4.66. The molecule has 2 aromatic rings. The summed E-state index contributed by atoms with van der Waals surface area (Å²) in [6.45, 7) is 2.81. The van der Waals surface area contributed by atoms with Crippen LogP contribution in [0.15, 0.2) is 28.8 Å². The van der Waals surface area contributed by atoms with Gasteiger partial charge in [0.1, 0.15) is 5.75 Å². The fraction of sp³-hybridized carbons (Fsp3) is 0.579. The van der Waals surface area contributed by atoms with Gasteiger partial charge in [-0.15, -0.1) is 0 Å². The Morgan fingerprint density at radius 2 is 1.96 bits per heavy atom. The molecule has 0 unspecified atom stereocenters. The van der Waals surface area contributed by atoms with Crippen molar-refractivity contribution >= 4 is 0 Å². The van der Waals surface area contributed by atoms with Gasteiger partial charge in [-0.1, -0.05) is 44.2 Å². The number of nitrogens with two attached hydrogens (primary N) is 1. The molecular formula is C19H27N3O2. The summed E-state index contributed by atoms with van der Waals surface area (Å²) in [5, 5.41) is 4.09. The van der Waals surface area contributed by atoms with Crippen LogP contribution < -0.4 is 10.5 Å². The quantitative estimate of drug-likeness (QED) is 0.809. The second-order valence-corrected chi connectivity index (χ2v) is 6.68. The normalized spacial score (nSPS) is 16.9. The second kappa shape index (κ2) is 8.29. The van der Waals surface area contributed by atoms with Gasteiger partial charge in [0, 0.05) is 5.56 Å². The number of nitrogens with zero attached hydrogens (tertiary/aromatic N) is 2. The summed E-state index contributed by atoms with van der Waals surface area (Å²) in [5.41, 5.74) is 7.20. The van der Waals surface area contributed by atoms with Crippen molar-refractivity contribution in [3.63, 3.8) is 0 Å². The number of aromatic nitrogens is 2. The van der Waals surface area contributed by atoms with Crippen LogP contribution >= 0.6 is 0 Å². The van der Waals surface area contributed by atoms with Crippen LogP contribution in [0.3, 0.4) is 0 Å². The van der Waals surface area contributed by atoms with Gasteiger partial charge >= 0.3 is 0 Å². The average Bonchev–Trinajstić information content (AvgIpc) is 3.11. The van der Waals surface area contributed by atoms with E-state index in [-0.39, 0.29) is 6.04 Å². The Bertz CT molecular complexity index is 618. The topological polar surface area (TPSA) is 74.2 Å². The summed E-state index contributed by atoms with van der Waals surface area (Å²) < 4.78 is 11.0. The van der Waals surface area contributed by atoms with E-state index in [1.54, 1.807) is 0 Å². The van der Waals surface area contributed by atoms with Gasteiger partial charge in [-0.3, -0.25) is 0 Å². The van der Waals surface area contributed by atoms with Gasteiger partial charge in [0.25, 0.3) is 0 Å². The maximum absolute atomic E-state index is 6.28. The van der Waals surface area contributed by atoms with E-state index in [0.717, 1.165) is 30.8 Å². The highest BCUT2D eigenvalue weighted by Gasteiger charge is 2.22. The third-order valence-corrected chi connectivity index (χ3v) is 4.66. The molecule has 5 heteroatoms. The number of benzene rings is 1. The third kappa shape index (κ3) is 4.35. The molecule has 0 saturated heterocycles. The molecule has 1 aromatic heterocycles. The van der Waals surface area contributed by atoms with E-state index in [4.69, 9.17) is 15.0 Å². The molecule has 0 bridgehead atoms. The van der Waals surface area contributed by atoms with Crippen LogP contribution in [0.4, 0.5) is 0 Å². The van der Waals surface area contributed by atoms with E-state index >= 15 is 0 Å². The number of hydrogen-bond acceptors (Lipinski definition) is 5.